The van der Waals surface area contributed by atoms with E-state index in [1.807, 2.05) is 42.2 Å². The molecule has 0 N–H and O–H groups in total. The number of ether oxygens (including phenoxy) is 1. The van der Waals surface area contributed by atoms with Crippen molar-refractivity contribution in [2.24, 2.45) is 0 Å². The number of aryl methyl sites for hydroxylation is 1. The summed E-state index contributed by atoms with van der Waals surface area (Å²) in [5, 5.41) is 5.69. The van der Waals surface area contributed by atoms with Gasteiger partial charge in [0.25, 0.3) is 0 Å². The normalized spacial score (nSPS) is 14.9. The van der Waals surface area contributed by atoms with Crippen molar-refractivity contribution in [3.05, 3.63) is 77.5 Å². The van der Waals surface area contributed by atoms with Crippen LogP contribution in [0.15, 0.2) is 54.6 Å². The summed E-state index contributed by atoms with van der Waals surface area (Å²) in [6.07, 6.45) is 2.82. The summed E-state index contributed by atoms with van der Waals surface area (Å²) in [5.41, 5.74) is 3.34. The lowest BCUT2D eigenvalue weighted by molar-refractivity contribution is -0.136. The zero-order valence-corrected chi connectivity index (χ0v) is 23.5. The van der Waals surface area contributed by atoms with Crippen LogP contribution in [0.2, 0.25) is 0 Å². The average molecular weight is 545 g/mol. The van der Waals surface area contributed by atoms with E-state index in [1.54, 1.807) is 16.8 Å². The van der Waals surface area contributed by atoms with Crippen molar-refractivity contribution < 1.29 is 13.9 Å². The number of carbonyl (C=O) groups is 1. The fourth-order valence-electron chi connectivity index (χ4n) is 5.25. The number of anilines is 1. The molecule has 40 heavy (non-hydrogen) atoms. The summed E-state index contributed by atoms with van der Waals surface area (Å²) < 4.78 is 21.2. The molecule has 0 saturated carbocycles. The first kappa shape index (κ1) is 27.7. The second-order valence-corrected chi connectivity index (χ2v) is 10.5. The van der Waals surface area contributed by atoms with Gasteiger partial charge in [-0.05, 0) is 49.6 Å². The van der Waals surface area contributed by atoms with Gasteiger partial charge < -0.3 is 14.5 Å². The summed E-state index contributed by atoms with van der Waals surface area (Å²) in [5.74, 6) is 1.52. The van der Waals surface area contributed by atoms with Crippen LogP contribution in [0.1, 0.15) is 56.1 Å². The summed E-state index contributed by atoms with van der Waals surface area (Å²) >= 11 is 0. The molecule has 2 aromatic heterocycles. The van der Waals surface area contributed by atoms with Crippen molar-refractivity contribution in [2.45, 2.75) is 52.6 Å². The lowest BCUT2D eigenvalue weighted by Gasteiger charge is -2.24. The molecule has 0 spiro atoms. The quantitative estimate of drug-likeness (QED) is 0.280. The van der Waals surface area contributed by atoms with Crippen molar-refractivity contribution in [1.82, 2.24) is 24.6 Å². The smallest absolute Gasteiger partial charge is 0.248 e. The van der Waals surface area contributed by atoms with Crippen LogP contribution in [0, 0.1) is 12.7 Å². The minimum absolute atomic E-state index is 0.00295. The van der Waals surface area contributed by atoms with E-state index >= 15 is 0 Å². The number of benzene rings is 2. The first-order chi connectivity index (χ1) is 19.4. The molecule has 0 bridgehead atoms. The predicted octanol–water partition coefficient (Wildman–Crippen LogP) is 5.42. The first-order valence-electron chi connectivity index (χ1n) is 14.1. The highest BCUT2D eigenvalue weighted by molar-refractivity contribution is 5.91. The third-order valence-electron chi connectivity index (χ3n) is 7.42. The summed E-state index contributed by atoms with van der Waals surface area (Å²) in [6, 6.07) is 16.2. The molecule has 5 rings (SSSR count). The van der Waals surface area contributed by atoms with Gasteiger partial charge >= 0.3 is 0 Å². The molecule has 3 heterocycles. The van der Waals surface area contributed by atoms with Crippen molar-refractivity contribution in [2.75, 3.05) is 37.7 Å². The lowest BCUT2D eigenvalue weighted by Crippen LogP contribution is -2.37. The lowest BCUT2D eigenvalue weighted by atomic mass is 10.1. The Balaban J connectivity index is 1.39. The molecule has 1 aliphatic heterocycles. The van der Waals surface area contributed by atoms with Crippen molar-refractivity contribution in [3.63, 3.8) is 0 Å². The van der Waals surface area contributed by atoms with E-state index in [4.69, 9.17) is 19.8 Å². The van der Waals surface area contributed by atoms with Gasteiger partial charge in [-0.2, -0.15) is 5.10 Å². The molecule has 1 saturated heterocycles. The topological polar surface area (TPSA) is 76.4 Å². The maximum atomic E-state index is 13.7. The molecule has 1 atom stereocenters. The molecule has 0 aliphatic carbocycles. The maximum Gasteiger partial charge on any atom is 0.248 e. The highest BCUT2D eigenvalue weighted by Crippen LogP contribution is 2.32. The SMILES string of the molecule is CCC[C@H](C)c1nc(N2CCCN(C(=O)COCc3ccccc3)CC2)c2c(C)nn(-c3ccc(F)cc3)c2n1. The molecular weight excluding hydrogens is 507 g/mol. The number of fused-ring (bicyclic) bond motifs is 1. The van der Waals surface area contributed by atoms with E-state index in [9.17, 15) is 9.18 Å². The van der Waals surface area contributed by atoms with Crippen LogP contribution in [0.5, 0.6) is 0 Å². The number of amides is 1. The van der Waals surface area contributed by atoms with E-state index in [1.165, 1.54) is 12.1 Å². The highest BCUT2D eigenvalue weighted by atomic mass is 19.1. The highest BCUT2D eigenvalue weighted by Gasteiger charge is 2.26. The van der Waals surface area contributed by atoms with Gasteiger partial charge in [0.05, 0.1) is 23.4 Å². The van der Waals surface area contributed by atoms with Gasteiger partial charge in [0.15, 0.2) is 5.65 Å². The van der Waals surface area contributed by atoms with Gasteiger partial charge in [0.1, 0.15) is 24.1 Å². The van der Waals surface area contributed by atoms with Gasteiger partial charge in [0, 0.05) is 32.1 Å². The Morgan fingerprint density at radius 1 is 1.02 bits per heavy atom. The number of aromatic nitrogens is 4. The van der Waals surface area contributed by atoms with Crippen LogP contribution in [-0.4, -0.2) is 63.3 Å². The predicted molar refractivity (Wildman–Crippen MR) is 154 cm³/mol. The Bertz CT molecular complexity index is 1440. The number of halogens is 1. The van der Waals surface area contributed by atoms with Gasteiger partial charge in [-0.1, -0.05) is 50.6 Å². The van der Waals surface area contributed by atoms with E-state index < -0.39 is 0 Å². The molecule has 2 aromatic carbocycles. The minimum atomic E-state index is -0.293. The fraction of sp³-hybridized carbons (Fsp3) is 0.419. The van der Waals surface area contributed by atoms with Crippen molar-refractivity contribution in [1.29, 1.82) is 0 Å². The molecule has 210 valence electrons. The van der Waals surface area contributed by atoms with E-state index in [-0.39, 0.29) is 24.2 Å². The molecule has 9 heteroatoms. The van der Waals surface area contributed by atoms with Gasteiger partial charge in [-0.3, -0.25) is 4.79 Å². The molecule has 1 aliphatic rings. The minimum Gasteiger partial charge on any atom is -0.367 e. The van der Waals surface area contributed by atoms with Crippen LogP contribution in [0.25, 0.3) is 16.7 Å². The number of rotatable bonds is 9. The number of hydrogen-bond acceptors (Lipinski definition) is 6. The Hall–Kier alpha value is -3.85. The van der Waals surface area contributed by atoms with Crippen LogP contribution in [-0.2, 0) is 16.1 Å². The Morgan fingerprint density at radius 2 is 1.80 bits per heavy atom. The monoisotopic (exact) mass is 544 g/mol. The molecular formula is C31H37FN6O2. The standard InChI is InChI=1S/C31H37FN6O2/c1-4-9-22(2)29-33-30(28-23(3)35-38(31(28)34-29)26-14-12-25(32)13-15-26)37-17-8-16-36(18-19-37)27(39)21-40-20-24-10-6-5-7-11-24/h5-7,10-15,22H,4,8-9,16-21H2,1-3H3/t22-/m0/s1. The van der Waals surface area contributed by atoms with Crippen LogP contribution < -0.4 is 4.90 Å². The number of carbonyl (C=O) groups excluding carboxylic acids is 1. The fourth-order valence-corrected chi connectivity index (χ4v) is 5.25. The van der Waals surface area contributed by atoms with E-state index in [0.29, 0.717) is 26.2 Å². The molecule has 1 amide bonds. The second kappa shape index (κ2) is 12.6. The van der Waals surface area contributed by atoms with Gasteiger partial charge in [0.2, 0.25) is 5.91 Å². The van der Waals surface area contributed by atoms with Crippen LogP contribution >= 0.6 is 0 Å². The maximum absolute atomic E-state index is 13.7. The average Bonchev–Trinajstić information content (AvgIpc) is 3.12. The second-order valence-electron chi connectivity index (χ2n) is 10.5. The van der Waals surface area contributed by atoms with Crippen molar-refractivity contribution >= 4 is 22.8 Å². The molecule has 4 aromatic rings. The van der Waals surface area contributed by atoms with Crippen molar-refractivity contribution in [3.8, 4) is 5.69 Å². The number of hydrogen-bond donors (Lipinski definition) is 0. The Morgan fingerprint density at radius 3 is 2.55 bits per heavy atom. The summed E-state index contributed by atoms with van der Waals surface area (Å²) in [7, 11) is 0. The molecule has 0 unspecified atom stereocenters. The summed E-state index contributed by atoms with van der Waals surface area (Å²) in [4.78, 5) is 27.2. The van der Waals surface area contributed by atoms with Gasteiger partial charge in [-0.25, -0.2) is 19.0 Å². The molecule has 1 fully saturated rings. The van der Waals surface area contributed by atoms with Crippen LogP contribution in [0.3, 0.4) is 0 Å². The third kappa shape index (κ3) is 6.14. The van der Waals surface area contributed by atoms with Gasteiger partial charge in [-0.15, -0.1) is 0 Å². The first-order valence-corrected chi connectivity index (χ1v) is 14.1. The zero-order valence-electron chi connectivity index (χ0n) is 23.5. The Labute approximate surface area is 234 Å². The Kier molecular flexibility index (Phi) is 8.69. The van der Waals surface area contributed by atoms with Crippen LogP contribution in [0.4, 0.5) is 10.2 Å². The summed E-state index contributed by atoms with van der Waals surface area (Å²) in [6.45, 7) is 9.43. The number of nitrogens with zero attached hydrogens (tertiary/aromatic N) is 6. The van der Waals surface area contributed by atoms with E-state index in [0.717, 1.165) is 65.4 Å². The molecule has 8 nitrogen and oxygen atoms in total. The molecule has 0 radical (unpaired) electrons. The third-order valence-corrected chi connectivity index (χ3v) is 7.42. The zero-order chi connectivity index (χ0) is 28.1. The van der Waals surface area contributed by atoms with E-state index in [2.05, 4.69) is 18.7 Å². The largest absolute Gasteiger partial charge is 0.367 e.